The summed E-state index contributed by atoms with van der Waals surface area (Å²) in [5.74, 6) is -0.350. The summed E-state index contributed by atoms with van der Waals surface area (Å²) in [4.78, 5) is 12.4. The Morgan fingerprint density at radius 1 is 1.17 bits per heavy atom. The number of fused-ring (bicyclic) bond motifs is 1. The summed E-state index contributed by atoms with van der Waals surface area (Å²) >= 11 is 0. The number of pyridine rings is 1. The molecule has 0 radical (unpaired) electrons. The lowest BCUT2D eigenvalue weighted by molar-refractivity contribution is 0.199. The molecule has 1 N–H and O–H groups in total. The molecule has 0 saturated carbocycles. The zero-order valence-corrected chi connectivity index (χ0v) is 12.9. The van der Waals surface area contributed by atoms with Crippen LogP contribution in [-0.2, 0) is 13.0 Å². The van der Waals surface area contributed by atoms with E-state index in [1.807, 2.05) is 24.3 Å². The van der Waals surface area contributed by atoms with Crippen molar-refractivity contribution < 1.29 is 9.50 Å². The highest BCUT2D eigenvalue weighted by Crippen LogP contribution is 2.17. The average Bonchev–Trinajstić information content (AvgIpc) is 2.55. The van der Waals surface area contributed by atoms with Gasteiger partial charge in [-0.3, -0.25) is 4.79 Å². The summed E-state index contributed by atoms with van der Waals surface area (Å²) in [6.45, 7) is 2.01. The first-order chi connectivity index (χ1) is 11.1. The highest BCUT2D eigenvalue weighted by atomic mass is 19.1. The van der Waals surface area contributed by atoms with Gasteiger partial charge in [0.2, 0.25) is 0 Å². The van der Waals surface area contributed by atoms with Gasteiger partial charge in [-0.15, -0.1) is 0 Å². The van der Waals surface area contributed by atoms with Gasteiger partial charge in [0.25, 0.3) is 5.56 Å². The van der Waals surface area contributed by atoms with E-state index in [1.165, 1.54) is 6.07 Å². The lowest BCUT2D eigenvalue weighted by Gasteiger charge is -2.10. The van der Waals surface area contributed by atoms with Crippen molar-refractivity contribution in [2.45, 2.75) is 26.0 Å². The summed E-state index contributed by atoms with van der Waals surface area (Å²) in [6.07, 6.45) is 1.47. The zero-order chi connectivity index (χ0) is 16.4. The lowest BCUT2D eigenvalue weighted by atomic mass is 10.1. The predicted molar refractivity (Wildman–Crippen MR) is 88.9 cm³/mol. The number of aliphatic hydroxyl groups excluding tert-OH is 1. The van der Waals surface area contributed by atoms with E-state index in [0.29, 0.717) is 29.5 Å². The molecule has 0 aliphatic rings. The molecule has 0 bridgehead atoms. The van der Waals surface area contributed by atoms with Gasteiger partial charge in [0.1, 0.15) is 5.82 Å². The molecule has 0 amide bonds. The summed E-state index contributed by atoms with van der Waals surface area (Å²) in [5.41, 5.74) is 1.02. The van der Waals surface area contributed by atoms with E-state index in [1.54, 1.807) is 35.9 Å². The van der Waals surface area contributed by atoms with E-state index in [2.05, 4.69) is 0 Å². The third-order valence-electron chi connectivity index (χ3n) is 4.07. The largest absolute Gasteiger partial charge is 0.389 e. The van der Waals surface area contributed by atoms with E-state index >= 15 is 0 Å². The number of hydrogen-bond donors (Lipinski definition) is 1. The number of aliphatic hydroxyl groups is 1. The summed E-state index contributed by atoms with van der Waals surface area (Å²) < 4.78 is 15.7. The smallest absolute Gasteiger partial charge is 0.258 e. The number of benzene rings is 2. The number of aromatic nitrogens is 1. The Kier molecular flexibility index (Phi) is 4.26. The number of rotatable bonds is 4. The Labute approximate surface area is 133 Å². The molecule has 1 atom stereocenters. The maximum absolute atomic E-state index is 14.1. The SMILES string of the molecule is CC(O)c1ccc(CCn2ccc3ccccc3c2=O)c(F)c1. The second-order valence-electron chi connectivity index (χ2n) is 5.68. The fourth-order valence-electron chi connectivity index (χ4n) is 2.67. The van der Waals surface area contributed by atoms with Crippen LogP contribution in [0.15, 0.2) is 59.5 Å². The molecular weight excluding hydrogens is 293 g/mol. The second-order valence-corrected chi connectivity index (χ2v) is 5.68. The Morgan fingerprint density at radius 2 is 1.96 bits per heavy atom. The van der Waals surface area contributed by atoms with Crippen LogP contribution in [-0.4, -0.2) is 9.67 Å². The predicted octanol–water partition coefficient (Wildman–Crippen LogP) is 3.44. The fraction of sp³-hybridized carbons (Fsp3) is 0.211. The van der Waals surface area contributed by atoms with Crippen molar-refractivity contribution in [3.8, 4) is 0 Å². The Balaban J connectivity index is 1.84. The van der Waals surface area contributed by atoms with E-state index in [9.17, 15) is 14.3 Å². The van der Waals surface area contributed by atoms with Crippen molar-refractivity contribution in [1.29, 1.82) is 0 Å². The standard InChI is InChI=1S/C19H18FNO2/c1-13(22)16-7-6-15(18(20)12-16)9-11-21-10-8-14-4-2-3-5-17(14)19(21)23/h2-8,10,12-13,22H,9,11H2,1H3. The normalized spacial score (nSPS) is 12.5. The van der Waals surface area contributed by atoms with Crippen molar-refractivity contribution in [3.05, 3.63) is 82.0 Å². The molecule has 0 aliphatic carbocycles. The lowest BCUT2D eigenvalue weighted by Crippen LogP contribution is -2.20. The van der Waals surface area contributed by atoms with E-state index in [0.717, 1.165) is 5.39 Å². The molecule has 1 heterocycles. The van der Waals surface area contributed by atoms with Crippen LogP contribution < -0.4 is 5.56 Å². The van der Waals surface area contributed by atoms with E-state index < -0.39 is 6.10 Å². The first-order valence-corrected chi connectivity index (χ1v) is 7.61. The molecule has 0 spiro atoms. The van der Waals surface area contributed by atoms with Crippen LogP contribution in [0.4, 0.5) is 4.39 Å². The molecule has 4 heteroatoms. The molecule has 23 heavy (non-hydrogen) atoms. The minimum Gasteiger partial charge on any atom is -0.389 e. The molecule has 0 fully saturated rings. The maximum atomic E-state index is 14.1. The van der Waals surface area contributed by atoms with Gasteiger partial charge in [-0.25, -0.2) is 4.39 Å². The van der Waals surface area contributed by atoms with Crippen LogP contribution in [0.1, 0.15) is 24.2 Å². The number of nitrogens with zero attached hydrogens (tertiary/aromatic N) is 1. The van der Waals surface area contributed by atoms with Crippen LogP contribution in [0, 0.1) is 5.82 Å². The van der Waals surface area contributed by atoms with Crippen LogP contribution in [0.5, 0.6) is 0 Å². The van der Waals surface area contributed by atoms with Crippen molar-refractivity contribution >= 4 is 10.8 Å². The van der Waals surface area contributed by atoms with Gasteiger partial charge in [0, 0.05) is 18.1 Å². The van der Waals surface area contributed by atoms with Crippen LogP contribution in [0.2, 0.25) is 0 Å². The molecule has 1 aromatic heterocycles. The van der Waals surface area contributed by atoms with Crippen LogP contribution in [0.3, 0.4) is 0 Å². The third-order valence-corrected chi connectivity index (χ3v) is 4.07. The fourth-order valence-corrected chi connectivity index (χ4v) is 2.67. The molecule has 0 saturated heterocycles. The zero-order valence-electron chi connectivity index (χ0n) is 12.9. The van der Waals surface area contributed by atoms with Crippen LogP contribution >= 0.6 is 0 Å². The van der Waals surface area contributed by atoms with Gasteiger partial charge in [0.15, 0.2) is 0 Å². The summed E-state index contributed by atoms with van der Waals surface area (Å²) in [5, 5.41) is 11.0. The van der Waals surface area contributed by atoms with Crippen LogP contribution in [0.25, 0.3) is 10.8 Å². The highest BCUT2D eigenvalue weighted by Gasteiger charge is 2.08. The van der Waals surface area contributed by atoms with Crippen molar-refractivity contribution in [2.75, 3.05) is 0 Å². The van der Waals surface area contributed by atoms with Crippen molar-refractivity contribution in [2.24, 2.45) is 0 Å². The first-order valence-electron chi connectivity index (χ1n) is 7.61. The van der Waals surface area contributed by atoms with Gasteiger partial charge in [-0.05, 0) is 48.1 Å². The average molecular weight is 311 g/mol. The summed E-state index contributed by atoms with van der Waals surface area (Å²) in [6, 6.07) is 14.1. The van der Waals surface area contributed by atoms with Gasteiger partial charge < -0.3 is 9.67 Å². The molecule has 3 aromatic rings. The molecule has 2 aromatic carbocycles. The Hall–Kier alpha value is -2.46. The third kappa shape index (κ3) is 3.17. The summed E-state index contributed by atoms with van der Waals surface area (Å²) in [7, 11) is 0. The monoisotopic (exact) mass is 311 g/mol. The topological polar surface area (TPSA) is 42.2 Å². The van der Waals surface area contributed by atoms with Crippen molar-refractivity contribution in [1.82, 2.24) is 4.57 Å². The minimum absolute atomic E-state index is 0.0656. The van der Waals surface area contributed by atoms with E-state index in [-0.39, 0.29) is 11.4 Å². The number of hydrogen-bond acceptors (Lipinski definition) is 2. The maximum Gasteiger partial charge on any atom is 0.258 e. The molecule has 118 valence electrons. The highest BCUT2D eigenvalue weighted by molar-refractivity contribution is 5.81. The van der Waals surface area contributed by atoms with Gasteiger partial charge in [0.05, 0.1) is 6.10 Å². The molecule has 3 nitrogen and oxygen atoms in total. The molecular formula is C19H18FNO2. The Bertz CT molecular complexity index is 899. The quantitative estimate of drug-likeness (QED) is 0.802. The van der Waals surface area contributed by atoms with Gasteiger partial charge in [-0.2, -0.15) is 0 Å². The molecule has 1 unspecified atom stereocenters. The molecule has 3 rings (SSSR count). The molecule has 0 aliphatic heterocycles. The second kappa shape index (κ2) is 6.34. The van der Waals surface area contributed by atoms with E-state index in [4.69, 9.17) is 0 Å². The van der Waals surface area contributed by atoms with Crippen molar-refractivity contribution in [3.63, 3.8) is 0 Å². The number of halogens is 1. The van der Waals surface area contributed by atoms with Gasteiger partial charge in [-0.1, -0.05) is 30.3 Å². The first kappa shape index (κ1) is 15.4. The van der Waals surface area contributed by atoms with Gasteiger partial charge >= 0.3 is 0 Å². The number of aryl methyl sites for hydroxylation is 2. The Morgan fingerprint density at radius 3 is 2.70 bits per heavy atom. The minimum atomic E-state index is -0.693.